The molecule has 4 atom stereocenters. The molecule has 0 aliphatic carbocycles. The molecule has 33 heavy (non-hydrogen) atoms. The minimum absolute atomic E-state index is 0.0144. The van der Waals surface area contributed by atoms with E-state index in [9.17, 15) is 13.9 Å². The first-order valence-electron chi connectivity index (χ1n) is 10.8. The molecule has 5 rings (SSSR count). The summed E-state index contributed by atoms with van der Waals surface area (Å²) in [5.74, 6) is -0.0256. The predicted octanol–water partition coefficient (Wildman–Crippen LogP) is 3.12. The lowest BCUT2D eigenvalue weighted by Gasteiger charge is -2.38. The number of phenolic OH excluding ortho intramolecular Hbond substituents is 1. The largest absolute Gasteiger partial charge is 0.507 e. The Hall–Kier alpha value is -3.40. The number of ether oxygens (including phenoxy) is 1. The van der Waals surface area contributed by atoms with Gasteiger partial charge in [-0.05, 0) is 43.0 Å². The molecule has 0 unspecified atom stereocenters. The summed E-state index contributed by atoms with van der Waals surface area (Å²) in [6.45, 7) is 0. The molecule has 10 heteroatoms. The molecule has 2 N–H and O–H groups in total. The number of phenols is 1. The van der Waals surface area contributed by atoms with Crippen molar-refractivity contribution in [2.24, 2.45) is 0 Å². The van der Waals surface area contributed by atoms with Gasteiger partial charge in [-0.1, -0.05) is 6.07 Å². The van der Waals surface area contributed by atoms with Crippen molar-refractivity contribution in [3.8, 4) is 34.0 Å². The number of aromatic hydroxyl groups is 1. The Bertz CT molecular complexity index is 1160. The number of hydrogen-bond donors (Lipinski definition) is 2. The van der Waals surface area contributed by atoms with E-state index >= 15 is 0 Å². The lowest BCUT2D eigenvalue weighted by molar-refractivity contribution is 0.176. The summed E-state index contributed by atoms with van der Waals surface area (Å²) in [4.78, 5) is 9.83. The van der Waals surface area contributed by atoms with E-state index < -0.39 is 12.1 Å². The molecule has 0 amide bonds. The van der Waals surface area contributed by atoms with Gasteiger partial charge in [0.15, 0.2) is 17.4 Å². The van der Waals surface area contributed by atoms with Crippen LogP contribution in [0, 0.1) is 5.95 Å². The van der Waals surface area contributed by atoms with Gasteiger partial charge in [-0.3, -0.25) is 0 Å². The van der Waals surface area contributed by atoms with Crippen molar-refractivity contribution in [3.63, 3.8) is 0 Å². The van der Waals surface area contributed by atoms with Crippen LogP contribution in [-0.2, 0) is 0 Å². The van der Waals surface area contributed by atoms with E-state index in [1.165, 1.54) is 25.4 Å². The number of hydrogen-bond acceptors (Lipinski definition) is 8. The minimum Gasteiger partial charge on any atom is -0.507 e. The molecule has 2 aromatic heterocycles. The third-order valence-electron chi connectivity index (χ3n) is 6.56. The van der Waals surface area contributed by atoms with Gasteiger partial charge in [0.25, 0.3) is 5.95 Å². The molecule has 4 heterocycles. The van der Waals surface area contributed by atoms with Gasteiger partial charge in [0.2, 0.25) is 0 Å². The first-order valence-corrected chi connectivity index (χ1v) is 10.8. The van der Waals surface area contributed by atoms with E-state index in [0.717, 1.165) is 12.8 Å². The number of aromatic nitrogens is 4. The monoisotopic (exact) mass is 454 g/mol. The van der Waals surface area contributed by atoms with Crippen LogP contribution in [0.4, 0.5) is 14.6 Å². The van der Waals surface area contributed by atoms with Crippen molar-refractivity contribution in [3.05, 3.63) is 42.6 Å². The van der Waals surface area contributed by atoms with Gasteiger partial charge in [-0.25, -0.2) is 14.4 Å². The van der Waals surface area contributed by atoms with Crippen LogP contribution in [0.1, 0.15) is 19.3 Å². The van der Waals surface area contributed by atoms with Gasteiger partial charge in [-0.15, -0.1) is 10.2 Å². The molecule has 1 aromatic carbocycles. The number of fused-ring (bicyclic) bond motifs is 2. The Morgan fingerprint density at radius 1 is 1.12 bits per heavy atom. The van der Waals surface area contributed by atoms with Crippen LogP contribution in [0.5, 0.6) is 11.5 Å². The van der Waals surface area contributed by atoms with Crippen molar-refractivity contribution in [2.75, 3.05) is 19.1 Å². The lowest BCUT2D eigenvalue weighted by Crippen LogP contribution is -2.55. The maximum Gasteiger partial charge on any atom is 0.255 e. The van der Waals surface area contributed by atoms with Gasteiger partial charge in [0.1, 0.15) is 11.9 Å². The van der Waals surface area contributed by atoms with Crippen molar-refractivity contribution >= 4 is 5.82 Å². The summed E-state index contributed by atoms with van der Waals surface area (Å²) in [5.41, 5.74) is 1.61. The summed E-state index contributed by atoms with van der Waals surface area (Å²) >= 11 is 0. The normalized spacial score (nSPS) is 24.0. The van der Waals surface area contributed by atoms with Crippen molar-refractivity contribution in [1.29, 1.82) is 0 Å². The Morgan fingerprint density at radius 2 is 1.97 bits per heavy atom. The highest BCUT2D eigenvalue weighted by Crippen LogP contribution is 2.35. The zero-order valence-corrected chi connectivity index (χ0v) is 18.2. The quantitative estimate of drug-likeness (QED) is 0.568. The molecular formula is C23H24F2N6O2. The number of anilines is 1. The van der Waals surface area contributed by atoms with Crippen LogP contribution in [0.25, 0.3) is 22.5 Å². The first-order chi connectivity index (χ1) is 15.9. The molecule has 0 saturated carbocycles. The average Bonchev–Trinajstić information content (AvgIpc) is 3.25. The Morgan fingerprint density at radius 3 is 2.70 bits per heavy atom. The second-order valence-corrected chi connectivity index (χ2v) is 8.49. The third kappa shape index (κ3) is 3.95. The van der Waals surface area contributed by atoms with Crippen LogP contribution in [0.3, 0.4) is 0 Å². The fourth-order valence-corrected chi connectivity index (χ4v) is 4.70. The first kappa shape index (κ1) is 21.4. The summed E-state index contributed by atoms with van der Waals surface area (Å²) < 4.78 is 33.4. The smallest absolute Gasteiger partial charge is 0.255 e. The number of rotatable bonds is 5. The second-order valence-electron chi connectivity index (χ2n) is 8.49. The van der Waals surface area contributed by atoms with E-state index in [1.54, 1.807) is 23.2 Å². The average molecular weight is 454 g/mol. The predicted molar refractivity (Wildman–Crippen MR) is 118 cm³/mol. The van der Waals surface area contributed by atoms with Crippen LogP contribution in [0.15, 0.2) is 36.7 Å². The number of nitrogens with one attached hydrogen (secondary N) is 1. The number of piperidine rings is 1. The highest BCUT2D eigenvalue weighted by molar-refractivity contribution is 5.73. The van der Waals surface area contributed by atoms with Gasteiger partial charge in [0, 0.05) is 30.9 Å². The molecule has 2 bridgehead atoms. The topological polar surface area (TPSA) is 96.3 Å². The van der Waals surface area contributed by atoms with Crippen molar-refractivity contribution in [1.82, 2.24) is 25.5 Å². The number of nitrogens with zero attached hydrogens (tertiary/aromatic N) is 5. The second kappa shape index (κ2) is 8.51. The molecule has 8 nitrogen and oxygen atoms in total. The molecule has 2 aliphatic heterocycles. The minimum atomic E-state index is -0.980. The number of halogens is 2. The van der Waals surface area contributed by atoms with Crippen LogP contribution in [-0.4, -0.2) is 63.7 Å². The van der Waals surface area contributed by atoms with Gasteiger partial charge < -0.3 is 20.1 Å². The van der Waals surface area contributed by atoms with E-state index in [4.69, 9.17) is 4.74 Å². The Kier molecular flexibility index (Phi) is 5.53. The Balaban J connectivity index is 1.36. The summed E-state index contributed by atoms with van der Waals surface area (Å²) in [5, 5.41) is 22.3. The lowest BCUT2D eigenvalue weighted by atomic mass is 9.96. The highest BCUT2D eigenvalue weighted by Gasteiger charge is 2.43. The van der Waals surface area contributed by atoms with Gasteiger partial charge in [0.05, 0.1) is 24.9 Å². The Labute approximate surface area is 189 Å². The van der Waals surface area contributed by atoms with Crippen LogP contribution in [0.2, 0.25) is 0 Å². The molecule has 0 radical (unpaired) electrons. The van der Waals surface area contributed by atoms with Crippen LogP contribution < -0.4 is 15.0 Å². The van der Waals surface area contributed by atoms with E-state index in [-0.39, 0.29) is 29.4 Å². The number of alkyl halides is 1. The maximum absolute atomic E-state index is 14.9. The summed E-state index contributed by atoms with van der Waals surface area (Å²) in [6, 6.07) is 6.37. The van der Waals surface area contributed by atoms with Crippen LogP contribution >= 0.6 is 0 Å². The summed E-state index contributed by atoms with van der Waals surface area (Å²) in [7, 11) is 3.17. The summed E-state index contributed by atoms with van der Waals surface area (Å²) in [6.07, 6.45) is 4.49. The number of methoxy groups -OCH3 is 1. The molecular weight excluding hydrogens is 430 g/mol. The van der Waals surface area contributed by atoms with Crippen molar-refractivity contribution < 1.29 is 18.6 Å². The fourth-order valence-electron chi connectivity index (χ4n) is 4.70. The fraction of sp³-hybridized carbons (Fsp3) is 0.391. The number of benzene rings is 1. The van der Waals surface area contributed by atoms with Crippen molar-refractivity contribution in [2.45, 2.75) is 43.6 Å². The zero-order valence-electron chi connectivity index (χ0n) is 18.2. The molecule has 172 valence electrons. The SMILES string of the molecule is COc1cc(-c2ccc(-c3ncc(N(C)[C@H]4C[C@@H]5CC[C@@H](N5)[C@H]4F)nn3)c(O)c2)cnc1F. The maximum atomic E-state index is 14.9. The molecule has 3 aromatic rings. The van der Waals surface area contributed by atoms with Gasteiger partial charge >= 0.3 is 0 Å². The van der Waals surface area contributed by atoms with Gasteiger partial charge in [-0.2, -0.15) is 4.39 Å². The zero-order chi connectivity index (χ0) is 23.1. The molecule has 2 fully saturated rings. The molecule has 2 saturated heterocycles. The van der Waals surface area contributed by atoms with E-state index in [1.807, 2.05) is 7.05 Å². The highest BCUT2D eigenvalue weighted by atomic mass is 19.1. The van der Waals surface area contributed by atoms with E-state index in [0.29, 0.717) is 35.0 Å². The third-order valence-corrected chi connectivity index (χ3v) is 6.56. The van der Waals surface area contributed by atoms with E-state index in [2.05, 4.69) is 25.5 Å². The number of pyridine rings is 1. The molecule has 2 aliphatic rings. The standard InChI is InChI=1S/C23H24F2N6O2/c1-31(17-9-14-4-6-16(28-14)21(17)24)20-11-27-23(30-29-20)15-5-3-12(7-18(15)32)13-8-19(33-2)22(25)26-10-13/h3,5,7-8,10-11,14,16-17,21,28,32H,4,6,9H2,1-2H3/t14-,16+,17-,21+/m0/s1. The molecule has 0 spiro atoms.